The number of rotatable bonds is 8. The third-order valence-electron chi connectivity index (χ3n) is 3.58. The maximum atomic E-state index is 12.0. The number of hydrazone groups is 1. The highest BCUT2D eigenvalue weighted by molar-refractivity contribution is 5.85. The molecule has 1 amide bonds. The molecule has 0 heterocycles. The summed E-state index contributed by atoms with van der Waals surface area (Å²) in [4.78, 5) is 22.8. The summed E-state index contributed by atoms with van der Waals surface area (Å²) in [5, 5.41) is 15.2. The lowest BCUT2D eigenvalue weighted by Gasteiger charge is -2.14. The van der Waals surface area contributed by atoms with E-state index in [1.54, 1.807) is 44.2 Å². The van der Waals surface area contributed by atoms with E-state index in [-0.39, 0.29) is 35.6 Å². The molecule has 0 saturated carbocycles. The monoisotopic (exact) mass is 386 g/mol. The van der Waals surface area contributed by atoms with E-state index in [0.29, 0.717) is 11.3 Å². The fourth-order valence-electron chi connectivity index (χ4n) is 2.36. The molecular weight excluding hydrogens is 364 g/mol. The number of nitrogens with two attached hydrogens (primary N) is 1. The lowest BCUT2D eigenvalue weighted by atomic mass is 10.1. The van der Waals surface area contributed by atoms with Gasteiger partial charge >= 0.3 is 5.69 Å². The predicted octanol–water partition coefficient (Wildman–Crippen LogP) is 2.67. The number of ether oxygens (including phenoxy) is 2. The van der Waals surface area contributed by atoms with Crippen LogP contribution < -0.4 is 20.6 Å². The fraction of sp³-hybridized carbons (Fsp3) is 0.263. The van der Waals surface area contributed by atoms with Gasteiger partial charge in [0.1, 0.15) is 0 Å². The molecule has 0 atom stereocenters. The number of methoxy groups -OCH3 is 1. The first-order valence-electron chi connectivity index (χ1n) is 8.49. The van der Waals surface area contributed by atoms with Gasteiger partial charge in [0.15, 0.2) is 5.75 Å². The molecule has 9 nitrogen and oxygen atoms in total. The topological polar surface area (TPSA) is 129 Å². The number of nitro benzene ring substituents is 1. The van der Waals surface area contributed by atoms with Crippen LogP contribution in [-0.4, -0.2) is 30.3 Å². The average molecular weight is 386 g/mol. The summed E-state index contributed by atoms with van der Waals surface area (Å²) in [6, 6.07) is 9.76. The molecule has 28 heavy (non-hydrogen) atoms. The van der Waals surface area contributed by atoms with Crippen LogP contribution in [0, 0.1) is 10.1 Å². The summed E-state index contributed by atoms with van der Waals surface area (Å²) in [6.45, 7) is 3.52. The third-order valence-corrected chi connectivity index (χ3v) is 3.58. The van der Waals surface area contributed by atoms with E-state index < -0.39 is 4.92 Å². The van der Waals surface area contributed by atoms with Crippen LogP contribution in [0.25, 0.3) is 0 Å². The summed E-state index contributed by atoms with van der Waals surface area (Å²) >= 11 is 0. The quantitative estimate of drug-likeness (QED) is 0.310. The Kier molecular flexibility index (Phi) is 6.91. The van der Waals surface area contributed by atoms with Gasteiger partial charge < -0.3 is 15.2 Å². The Morgan fingerprint density at radius 1 is 1.32 bits per heavy atom. The number of anilines is 1. The highest BCUT2D eigenvalue weighted by Gasteiger charge is 2.23. The zero-order chi connectivity index (χ0) is 20.7. The Labute approximate surface area is 162 Å². The second kappa shape index (κ2) is 9.36. The van der Waals surface area contributed by atoms with Gasteiger partial charge in [0, 0.05) is 17.3 Å². The van der Waals surface area contributed by atoms with E-state index in [4.69, 9.17) is 15.2 Å². The second-order valence-corrected chi connectivity index (χ2v) is 6.21. The summed E-state index contributed by atoms with van der Waals surface area (Å²) < 4.78 is 10.7. The molecule has 3 N–H and O–H groups in total. The van der Waals surface area contributed by atoms with E-state index in [0.717, 1.165) is 5.56 Å². The maximum absolute atomic E-state index is 12.0. The first-order chi connectivity index (χ1) is 13.3. The van der Waals surface area contributed by atoms with Crippen molar-refractivity contribution in [2.45, 2.75) is 26.4 Å². The number of hydrogen-bond acceptors (Lipinski definition) is 7. The number of nitro groups is 1. The molecule has 9 heteroatoms. The number of carbonyl (C=O) groups excluding carboxylic acids is 1. The summed E-state index contributed by atoms with van der Waals surface area (Å²) in [7, 11) is 1.39. The summed E-state index contributed by atoms with van der Waals surface area (Å²) in [6.07, 6.45) is 1.16. The van der Waals surface area contributed by atoms with E-state index >= 15 is 0 Å². The van der Waals surface area contributed by atoms with Crippen molar-refractivity contribution in [3.8, 4) is 11.5 Å². The predicted molar refractivity (Wildman–Crippen MR) is 106 cm³/mol. The van der Waals surface area contributed by atoms with Crippen molar-refractivity contribution in [3.63, 3.8) is 0 Å². The minimum absolute atomic E-state index is 0.0482. The third kappa shape index (κ3) is 5.70. The Hall–Kier alpha value is -3.62. The van der Waals surface area contributed by atoms with Crippen molar-refractivity contribution in [2.75, 3.05) is 12.8 Å². The molecule has 2 rings (SSSR count). The molecule has 0 bridgehead atoms. The van der Waals surface area contributed by atoms with Crippen LogP contribution in [0.3, 0.4) is 0 Å². The maximum Gasteiger partial charge on any atom is 0.315 e. The zero-order valence-electron chi connectivity index (χ0n) is 15.8. The van der Waals surface area contributed by atoms with Gasteiger partial charge in [-0.1, -0.05) is 12.1 Å². The van der Waals surface area contributed by atoms with Crippen molar-refractivity contribution in [2.24, 2.45) is 5.10 Å². The van der Waals surface area contributed by atoms with Gasteiger partial charge in [0.2, 0.25) is 11.7 Å². The second-order valence-electron chi connectivity index (χ2n) is 6.21. The standard InChI is InChI=1S/C19H22N4O5/c1-12(2)28-19-16(23(25)26)8-14(9-17(19)27-3)11-21-22-18(24)10-13-4-6-15(20)7-5-13/h4-9,11-12H,10,20H2,1-3H3,(H,22,24)/b21-11-. The number of hydrogen-bond donors (Lipinski definition) is 2. The van der Waals surface area contributed by atoms with Crippen LogP contribution in [0.4, 0.5) is 11.4 Å². The van der Waals surface area contributed by atoms with Crippen molar-refractivity contribution in [1.82, 2.24) is 5.43 Å². The Balaban J connectivity index is 2.13. The van der Waals surface area contributed by atoms with E-state index in [1.165, 1.54) is 19.4 Å². The van der Waals surface area contributed by atoms with Crippen LogP contribution in [0.2, 0.25) is 0 Å². The zero-order valence-corrected chi connectivity index (χ0v) is 15.8. The van der Waals surface area contributed by atoms with Crippen LogP contribution in [-0.2, 0) is 11.2 Å². The van der Waals surface area contributed by atoms with Gasteiger partial charge in [-0.15, -0.1) is 0 Å². The molecule has 0 radical (unpaired) electrons. The number of nitrogen functional groups attached to an aromatic ring is 1. The molecule has 148 valence electrons. The largest absolute Gasteiger partial charge is 0.493 e. The first kappa shape index (κ1) is 20.7. The highest BCUT2D eigenvalue weighted by Crippen LogP contribution is 2.38. The minimum atomic E-state index is -0.558. The number of carbonyl (C=O) groups is 1. The lowest BCUT2D eigenvalue weighted by molar-refractivity contribution is -0.386. The van der Waals surface area contributed by atoms with Crippen molar-refractivity contribution >= 4 is 23.5 Å². The van der Waals surface area contributed by atoms with Gasteiger partial charge in [-0.2, -0.15) is 5.10 Å². The molecule has 0 unspecified atom stereocenters. The highest BCUT2D eigenvalue weighted by atomic mass is 16.6. The molecule has 0 aliphatic carbocycles. The van der Waals surface area contributed by atoms with Gasteiger partial charge in [0.25, 0.3) is 0 Å². The Bertz CT molecular complexity index is 879. The normalized spacial score (nSPS) is 10.9. The van der Waals surface area contributed by atoms with Gasteiger partial charge in [-0.3, -0.25) is 14.9 Å². The average Bonchev–Trinajstić information content (AvgIpc) is 2.63. The van der Waals surface area contributed by atoms with E-state index in [1.807, 2.05) is 0 Å². The summed E-state index contributed by atoms with van der Waals surface area (Å²) in [5.74, 6) is -0.0770. The van der Waals surface area contributed by atoms with Crippen LogP contribution in [0.15, 0.2) is 41.5 Å². The Morgan fingerprint density at radius 2 is 2.00 bits per heavy atom. The van der Waals surface area contributed by atoms with Crippen molar-refractivity contribution < 1.29 is 19.2 Å². The van der Waals surface area contributed by atoms with Gasteiger partial charge in [0.05, 0.1) is 30.8 Å². The molecule has 0 spiro atoms. The van der Waals surface area contributed by atoms with E-state index in [2.05, 4.69) is 10.5 Å². The number of benzene rings is 2. The van der Waals surface area contributed by atoms with Gasteiger partial charge in [-0.05, 0) is 37.6 Å². The molecule has 2 aromatic carbocycles. The van der Waals surface area contributed by atoms with E-state index in [9.17, 15) is 14.9 Å². The van der Waals surface area contributed by atoms with Gasteiger partial charge in [-0.25, -0.2) is 5.43 Å². The SMILES string of the molecule is COc1cc(/C=N\NC(=O)Cc2ccc(N)cc2)cc([N+](=O)[O-])c1OC(C)C. The summed E-state index contributed by atoms with van der Waals surface area (Å²) in [5.41, 5.74) is 9.52. The smallest absolute Gasteiger partial charge is 0.315 e. The molecule has 0 aromatic heterocycles. The van der Waals surface area contributed by atoms with Crippen LogP contribution in [0.5, 0.6) is 11.5 Å². The first-order valence-corrected chi connectivity index (χ1v) is 8.49. The molecule has 0 aliphatic rings. The van der Waals surface area contributed by atoms with Crippen LogP contribution in [0.1, 0.15) is 25.0 Å². The molecule has 0 fully saturated rings. The Morgan fingerprint density at radius 3 is 2.57 bits per heavy atom. The van der Waals surface area contributed by atoms with Crippen molar-refractivity contribution in [3.05, 3.63) is 57.6 Å². The fourth-order valence-corrected chi connectivity index (χ4v) is 2.36. The minimum Gasteiger partial charge on any atom is -0.493 e. The molecule has 0 saturated heterocycles. The number of amides is 1. The van der Waals surface area contributed by atoms with Crippen molar-refractivity contribution in [1.29, 1.82) is 0 Å². The number of nitrogens with one attached hydrogen (secondary N) is 1. The van der Waals surface area contributed by atoms with Crippen LogP contribution >= 0.6 is 0 Å². The molecule has 0 aliphatic heterocycles. The molecular formula is C19H22N4O5. The molecule has 2 aromatic rings. The lowest BCUT2D eigenvalue weighted by Crippen LogP contribution is -2.19. The number of nitrogens with zero attached hydrogens (tertiary/aromatic N) is 2.